The monoisotopic (exact) mass is 618 g/mol. The van der Waals surface area contributed by atoms with E-state index in [1.54, 1.807) is 18.2 Å². The van der Waals surface area contributed by atoms with Gasteiger partial charge in [-0.1, -0.05) is 55.7 Å². The standard InChI is InChI=1S/C35H46N4O6/c40-33(45-25-26-13-15-31(16-14-26)39(43)44)12-7-19-36-30-17-20-37(21-18-30)22-29-23-38(24-32(29)27-8-3-1-4-9-27)34(35(41)42)28-10-5-2-6-11-28/h1,3-4,7-9,12-16,28-30,32,34,36H,2,5-6,10-11,17-25H2,(H,41,42)/t29-,32+,34+/m0/s1. The van der Waals surface area contributed by atoms with Crippen LogP contribution in [0.25, 0.3) is 0 Å². The molecule has 3 fully saturated rings. The minimum absolute atomic E-state index is 0.00202. The molecule has 2 N–H and O–H groups in total. The van der Waals surface area contributed by atoms with Gasteiger partial charge in [-0.2, -0.15) is 0 Å². The number of ether oxygens (including phenoxy) is 1. The van der Waals surface area contributed by atoms with E-state index in [1.807, 2.05) is 6.07 Å². The minimum atomic E-state index is -0.659. The lowest BCUT2D eigenvalue weighted by Crippen LogP contribution is -2.47. The fourth-order valence-electron chi connectivity index (χ4n) is 7.46. The summed E-state index contributed by atoms with van der Waals surface area (Å²) >= 11 is 0. The lowest BCUT2D eigenvalue weighted by atomic mass is 9.83. The van der Waals surface area contributed by atoms with Crippen molar-refractivity contribution in [2.45, 2.75) is 69.6 Å². The van der Waals surface area contributed by atoms with Gasteiger partial charge in [0.2, 0.25) is 0 Å². The van der Waals surface area contributed by atoms with Crippen molar-refractivity contribution in [3.63, 3.8) is 0 Å². The van der Waals surface area contributed by atoms with Gasteiger partial charge < -0.3 is 20.1 Å². The summed E-state index contributed by atoms with van der Waals surface area (Å²) in [7, 11) is 0. The second-order valence-corrected chi connectivity index (χ2v) is 12.8. The predicted molar refractivity (Wildman–Crippen MR) is 172 cm³/mol. The lowest BCUT2D eigenvalue weighted by molar-refractivity contribution is -0.384. The molecule has 2 aliphatic heterocycles. The number of non-ortho nitro benzene ring substituents is 1. The number of nitro benzene ring substituents is 1. The quantitative estimate of drug-likeness (QED) is 0.138. The predicted octanol–water partition coefficient (Wildman–Crippen LogP) is 5.00. The average molecular weight is 619 g/mol. The Morgan fingerprint density at radius 2 is 1.71 bits per heavy atom. The Kier molecular flexibility index (Phi) is 11.7. The van der Waals surface area contributed by atoms with E-state index in [9.17, 15) is 24.8 Å². The van der Waals surface area contributed by atoms with Crippen LogP contribution in [0.1, 0.15) is 62.0 Å². The number of hydrogen-bond donors (Lipinski definition) is 2. The molecule has 0 aromatic heterocycles. The molecule has 1 saturated carbocycles. The maximum Gasteiger partial charge on any atom is 0.330 e. The molecule has 45 heavy (non-hydrogen) atoms. The van der Waals surface area contributed by atoms with Gasteiger partial charge in [-0.05, 0) is 73.9 Å². The van der Waals surface area contributed by atoms with Crippen LogP contribution in [0.3, 0.4) is 0 Å². The molecule has 10 heteroatoms. The maximum absolute atomic E-state index is 12.5. The first kappa shape index (κ1) is 32.8. The van der Waals surface area contributed by atoms with E-state index in [0.717, 1.165) is 71.2 Å². The Bertz CT molecular complexity index is 1290. The third-order valence-corrected chi connectivity index (χ3v) is 9.83. The summed E-state index contributed by atoms with van der Waals surface area (Å²) in [5, 5.41) is 24.6. The molecule has 2 aromatic carbocycles. The fraction of sp³-hybridized carbons (Fsp3) is 0.543. The molecule has 1 aliphatic carbocycles. The molecule has 5 rings (SSSR count). The van der Waals surface area contributed by atoms with Gasteiger partial charge in [0.1, 0.15) is 12.6 Å². The number of piperidine rings is 1. The highest BCUT2D eigenvalue weighted by molar-refractivity contribution is 5.81. The number of benzene rings is 2. The summed E-state index contributed by atoms with van der Waals surface area (Å²) in [6, 6.07) is 16.6. The molecule has 0 radical (unpaired) electrons. The molecule has 0 unspecified atom stereocenters. The first-order chi connectivity index (χ1) is 21.9. The van der Waals surface area contributed by atoms with E-state index in [4.69, 9.17) is 4.74 Å². The summed E-state index contributed by atoms with van der Waals surface area (Å²) in [6.45, 7) is 5.22. The van der Waals surface area contributed by atoms with Crippen LogP contribution in [0, 0.1) is 22.0 Å². The number of carboxylic acid groups (broad SMARTS) is 1. The minimum Gasteiger partial charge on any atom is -0.480 e. The van der Waals surface area contributed by atoms with E-state index >= 15 is 0 Å². The third kappa shape index (κ3) is 9.22. The van der Waals surface area contributed by atoms with Crippen LogP contribution in [0.2, 0.25) is 0 Å². The zero-order chi connectivity index (χ0) is 31.6. The highest BCUT2D eigenvalue weighted by Crippen LogP contribution is 2.38. The van der Waals surface area contributed by atoms with Crippen molar-refractivity contribution in [2.24, 2.45) is 11.8 Å². The number of rotatable bonds is 13. The van der Waals surface area contributed by atoms with Crippen molar-refractivity contribution >= 4 is 17.6 Å². The Hall–Kier alpha value is -3.60. The number of nitrogens with zero attached hydrogens (tertiary/aromatic N) is 3. The van der Waals surface area contributed by atoms with Crippen LogP contribution in [-0.2, 0) is 20.9 Å². The van der Waals surface area contributed by atoms with Crippen LogP contribution >= 0.6 is 0 Å². The number of nitrogens with one attached hydrogen (secondary N) is 1. The number of likely N-dealkylation sites (tertiary alicyclic amines) is 2. The molecule has 10 nitrogen and oxygen atoms in total. The van der Waals surface area contributed by atoms with Gasteiger partial charge in [-0.15, -0.1) is 0 Å². The Labute approximate surface area is 265 Å². The maximum atomic E-state index is 12.5. The second-order valence-electron chi connectivity index (χ2n) is 12.8. The number of esters is 1. The Morgan fingerprint density at radius 1 is 1.00 bits per heavy atom. The molecule has 0 amide bonds. The van der Waals surface area contributed by atoms with Gasteiger partial charge in [0.25, 0.3) is 5.69 Å². The molecular weight excluding hydrogens is 572 g/mol. The number of carbonyl (C=O) groups excluding carboxylic acids is 1. The highest BCUT2D eigenvalue weighted by Gasteiger charge is 2.43. The van der Waals surface area contributed by atoms with Crippen molar-refractivity contribution in [3.8, 4) is 0 Å². The number of aliphatic carboxylic acids is 1. The number of carboxylic acids is 1. The zero-order valence-corrected chi connectivity index (χ0v) is 26.0. The van der Waals surface area contributed by atoms with E-state index in [0.29, 0.717) is 30.0 Å². The van der Waals surface area contributed by atoms with Gasteiger partial charge >= 0.3 is 11.9 Å². The Morgan fingerprint density at radius 3 is 2.38 bits per heavy atom. The van der Waals surface area contributed by atoms with Crippen LogP contribution in [-0.4, -0.2) is 83.1 Å². The topological polar surface area (TPSA) is 125 Å². The smallest absolute Gasteiger partial charge is 0.330 e. The van der Waals surface area contributed by atoms with Crippen LogP contribution < -0.4 is 5.32 Å². The third-order valence-electron chi connectivity index (χ3n) is 9.83. The van der Waals surface area contributed by atoms with E-state index in [2.05, 4.69) is 39.4 Å². The number of hydrogen-bond acceptors (Lipinski definition) is 8. The highest BCUT2D eigenvalue weighted by atomic mass is 16.6. The van der Waals surface area contributed by atoms with E-state index in [1.165, 1.54) is 30.2 Å². The normalized spacial score (nSPS) is 22.8. The largest absolute Gasteiger partial charge is 0.480 e. The number of carbonyl (C=O) groups is 2. The molecule has 0 bridgehead atoms. The lowest BCUT2D eigenvalue weighted by Gasteiger charge is -2.35. The first-order valence-corrected chi connectivity index (χ1v) is 16.4. The van der Waals surface area contributed by atoms with E-state index in [-0.39, 0.29) is 24.3 Å². The number of nitro groups is 1. The summed E-state index contributed by atoms with van der Waals surface area (Å²) in [6.07, 6.45) is 10.8. The van der Waals surface area contributed by atoms with Crippen LogP contribution in [0.5, 0.6) is 0 Å². The molecule has 3 aliphatic rings. The summed E-state index contributed by atoms with van der Waals surface area (Å²) in [4.78, 5) is 39.7. The van der Waals surface area contributed by atoms with Crippen LogP contribution in [0.15, 0.2) is 66.7 Å². The first-order valence-electron chi connectivity index (χ1n) is 16.4. The molecule has 3 atom stereocenters. The molecule has 2 aromatic rings. The second kappa shape index (κ2) is 16.1. The van der Waals surface area contributed by atoms with Crippen molar-refractivity contribution < 1.29 is 24.4 Å². The van der Waals surface area contributed by atoms with Crippen molar-refractivity contribution in [3.05, 3.63) is 88.0 Å². The average Bonchev–Trinajstić information content (AvgIpc) is 3.46. The van der Waals surface area contributed by atoms with Crippen molar-refractivity contribution in [1.82, 2.24) is 15.1 Å². The van der Waals surface area contributed by atoms with Gasteiger partial charge in [0, 0.05) is 56.3 Å². The Balaban J connectivity index is 1.07. The van der Waals surface area contributed by atoms with Gasteiger partial charge in [-0.3, -0.25) is 19.8 Å². The summed E-state index contributed by atoms with van der Waals surface area (Å²) < 4.78 is 5.24. The molecule has 2 saturated heterocycles. The van der Waals surface area contributed by atoms with E-state index < -0.39 is 16.9 Å². The van der Waals surface area contributed by atoms with Gasteiger partial charge in [0.05, 0.1) is 4.92 Å². The molecule has 0 spiro atoms. The van der Waals surface area contributed by atoms with Gasteiger partial charge in [0.15, 0.2) is 0 Å². The zero-order valence-electron chi connectivity index (χ0n) is 26.0. The van der Waals surface area contributed by atoms with Crippen molar-refractivity contribution in [1.29, 1.82) is 0 Å². The van der Waals surface area contributed by atoms with Crippen molar-refractivity contribution in [2.75, 3.05) is 39.3 Å². The fourth-order valence-corrected chi connectivity index (χ4v) is 7.46. The van der Waals surface area contributed by atoms with Crippen LogP contribution in [0.4, 0.5) is 5.69 Å². The SMILES string of the molecule is O=C(C=CCNC1CCN(C[C@H]2CN([C@@H](C(=O)O)C3CCCCC3)C[C@@H]2c2ccccc2)CC1)OCc1ccc([N+](=O)[O-])cc1. The summed E-state index contributed by atoms with van der Waals surface area (Å²) in [5.74, 6) is -0.135. The molecule has 242 valence electrons. The van der Waals surface area contributed by atoms with Gasteiger partial charge in [-0.25, -0.2) is 4.79 Å². The summed E-state index contributed by atoms with van der Waals surface area (Å²) in [5.41, 5.74) is 2.01. The molecular formula is C35H46N4O6. The molecule has 2 heterocycles.